The van der Waals surface area contributed by atoms with Crippen LogP contribution in [0.15, 0.2) is 65.5 Å². The molecule has 5 aromatic rings. The molecule has 182 valence electrons. The summed E-state index contributed by atoms with van der Waals surface area (Å²) in [5, 5.41) is 16.1. The Bertz CT molecular complexity index is 1670. The summed E-state index contributed by atoms with van der Waals surface area (Å²) < 4.78 is 17.2. The normalized spacial score (nSPS) is 11.1. The molecule has 0 radical (unpaired) electrons. The van der Waals surface area contributed by atoms with Crippen LogP contribution in [0.3, 0.4) is 0 Å². The Morgan fingerprint density at radius 1 is 1.11 bits per heavy atom. The van der Waals surface area contributed by atoms with Crippen molar-refractivity contribution in [1.29, 1.82) is 0 Å². The average Bonchev–Trinajstić information content (AvgIpc) is 3.22. The third-order valence-corrected chi connectivity index (χ3v) is 5.70. The van der Waals surface area contributed by atoms with Crippen LogP contribution in [0, 0.1) is 6.92 Å². The number of ether oxygens (including phenoxy) is 3. The molecule has 0 amide bonds. The maximum Gasteiger partial charge on any atom is 0.343 e. The summed E-state index contributed by atoms with van der Waals surface area (Å²) in [4.78, 5) is 27.1. The quantitative estimate of drug-likeness (QED) is 0.308. The van der Waals surface area contributed by atoms with Crippen molar-refractivity contribution in [2.45, 2.75) is 6.92 Å². The maximum absolute atomic E-state index is 12.9. The highest BCUT2D eigenvalue weighted by atomic mass is 16.6. The number of hydrogen-bond acceptors (Lipinski definition) is 8. The molecule has 0 aliphatic carbocycles. The fourth-order valence-electron chi connectivity index (χ4n) is 3.92. The van der Waals surface area contributed by atoms with Crippen LogP contribution < -0.4 is 20.8 Å². The number of aromatic amines is 1. The van der Waals surface area contributed by atoms with Gasteiger partial charge >= 0.3 is 5.97 Å². The third-order valence-electron chi connectivity index (χ3n) is 5.70. The van der Waals surface area contributed by atoms with Crippen LogP contribution in [0.5, 0.6) is 23.0 Å². The molecule has 0 aliphatic heterocycles. The minimum absolute atomic E-state index is 0.107. The fourth-order valence-corrected chi connectivity index (χ4v) is 3.92. The first kappa shape index (κ1) is 22.8. The van der Waals surface area contributed by atoms with E-state index >= 15 is 0 Å². The predicted molar refractivity (Wildman–Crippen MR) is 134 cm³/mol. The second-order valence-electron chi connectivity index (χ2n) is 8.07. The molecule has 0 saturated heterocycles. The number of pyridine rings is 1. The molecule has 4 N–H and O–H groups in total. The zero-order chi connectivity index (χ0) is 25.4. The molecule has 3 aromatic carbocycles. The van der Waals surface area contributed by atoms with E-state index in [-0.39, 0.29) is 29.3 Å². The number of hydrogen-bond donors (Lipinski definition) is 3. The van der Waals surface area contributed by atoms with Gasteiger partial charge in [-0.05, 0) is 42.8 Å². The van der Waals surface area contributed by atoms with Crippen molar-refractivity contribution in [2.24, 2.45) is 0 Å². The van der Waals surface area contributed by atoms with Crippen LogP contribution >= 0.6 is 0 Å². The standard InChI is InChI=1S/C26H22N4O6/c1-14-10-21(36-15-6-4-3-5-7-15)20(31)12-19(14)30-25(27)23-24(29-30)17-9-8-16(35-13-22(32)34-2)11-18(17)28-26(23)33/h3-12,31H,13,27H2,1-2H3,(H,28,33). The fraction of sp³-hybridized carbons (Fsp3) is 0.115. The summed E-state index contributed by atoms with van der Waals surface area (Å²) in [5.74, 6) is 0.732. The Labute approximate surface area is 204 Å². The number of esters is 1. The molecule has 2 heterocycles. The summed E-state index contributed by atoms with van der Waals surface area (Å²) in [6.07, 6.45) is 0. The minimum Gasteiger partial charge on any atom is -0.504 e. The first-order valence-corrected chi connectivity index (χ1v) is 11.0. The van der Waals surface area contributed by atoms with Gasteiger partial charge in [0.05, 0.1) is 18.3 Å². The van der Waals surface area contributed by atoms with Gasteiger partial charge in [-0.15, -0.1) is 0 Å². The number of methoxy groups -OCH3 is 1. The van der Waals surface area contributed by atoms with Crippen LogP contribution in [0.2, 0.25) is 0 Å². The molecule has 0 atom stereocenters. The summed E-state index contributed by atoms with van der Waals surface area (Å²) in [5.41, 5.74) is 7.99. The van der Waals surface area contributed by atoms with Crippen molar-refractivity contribution in [3.05, 3.63) is 76.6 Å². The van der Waals surface area contributed by atoms with Crippen LogP contribution in [-0.2, 0) is 9.53 Å². The number of anilines is 1. The van der Waals surface area contributed by atoms with Crippen molar-refractivity contribution >= 4 is 33.6 Å². The topological polar surface area (TPSA) is 142 Å². The summed E-state index contributed by atoms with van der Waals surface area (Å²) in [6, 6.07) is 17.2. The number of fused-ring (bicyclic) bond motifs is 3. The Hall–Kier alpha value is -4.99. The van der Waals surface area contributed by atoms with Crippen molar-refractivity contribution in [2.75, 3.05) is 19.5 Å². The average molecular weight is 486 g/mol. The van der Waals surface area contributed by atoms with E-state index in [4.69, 9.17) is 15.2 Å². The van der Waals surface area contributed by atoms with Gasteiger partial charge in [0.2, 0.25) is 0 Å². The number of phenolic OH excluding ortho intramolecular Hbond substituents is 1. The van der Waals surface area contributed by atoms with Gasteiger partial charge in [-0.3, -0.25) is 4.79 Å². The summed E-state index contributed by atoms with van der Waals surface area (Å²) >= 11 is 0. The second-order valence-corrected chi connectivity index (χ2v) is 8.07. The van der Waals surface area contributed by atoms with Gasteiger partial charge in [0.1, 0.15) is 28.2 Å². The number of nitrogens with one attached hydrogen (secondary N) is 1. The zero-order valence-electron chi connectivity index (χ0n) is 19.4. The van der Waals surface area contributed by atoms with Gasteiger partial charge in [0.15, 0.2) is 18.1 Å². The third kappa shape index (κ3) is 4.05. The van der Waals surface area contributed by atoms with Gasteiger partial charge < -0.3 is 30.0 Å². The SMILES string of the molecule is COC(=O)COc1ccc2c(c1)[nH]c(=O)c1c(N)n(-c3cc(O)c(Oc4ccccc4)cc3C)nc12. The number of benzene rings is 3. The highest BCUT2D eigenvalue weighted by Crippen LogP contribution is 2.36. The number of nitrogens with zero attached hydrogens (tertiary/aromatic N) is 2. The van der Waals surface area contributed by atoms with E-state index in [9.17, 15) is 14.7 Å². The van der Waals surface area contributed by atoms with E-state index in [0.29, 0.717) is 33.6 Å². The number of aromatic hydroxyl groups is 1. The number of nitrogen functional groups attached to an aromatic ring is 1. The van der Waals surface area contributed by atoms with Crippen molar-refractivity contribution in [3.8, 4) is 28.7 Å². The molecular weight excluding hydrogens is 464 g/mol. The van der Waals surface area contributed by atoms with Crippen molar-refractivity contribution < 1.29 is 24.1 Å². The van der Waals surface area contributed by atoms with Crippen molar-refractivity contribution in [1.82, 2.24) is 14.8 Å². The van der Waals surface area contributed by atoms with Crippen LogP contribution in [0.4, 0.5) is 5.82 Å². The lowest BCUT2D eigenvalue weighted by molar-refractivity contribution is -0.142. The highest BCUT2D eigenvalue weighted by molar-refractivity contribution is 6.07. The number of phenols is 1. The molecule has 10 nitrogen and oxygen atoms in total. The molecule has 10 heteroatoms. The van der Waals surface area contributed by atoms with Gasteiger partial charge in [-0.25, -0.2) is 9.48 Å². The molecule has 0 aliphatic rings. The van der Waals surface area contributed by atoms with Crippen LogP contribution in [0.25, 0.3) is 27.5 Å². The number of H-pyrrole nitrogens is 1. The number of aromatic nitrogens is 3. The molecule has 0 bridgehead atoms. The Balaban J connectivity index is 1.57. The molecule has 0 fully saturated rings. The zero-order valence-corrected chi connectivity index (χ0v) is 19.4. The molecule has 36 heavy (non-hydrogen) atoms. The minimum atomic E-state index is -0.524. The van der Waals surface area contributed by atoms with E-state index < -0.39 is 11.5 Å². The number of rotatable bonds is 6. The molecule has 5 rings (SSSR count). The van der Waals surface area contributed by atoms with Crippen LogP contribution in [0.1, 0.15) is 5.56 Å². The molecule has 0 saturated carbocycles. The first-order chi connectivity index (χ1) is 17.4. The van der Waals surface area contributed by atoms with Gasteiger partial charge in [0.25, 0.3) is 5.56 Å². The van der Waals surface area contributed by atoms with Crippen LogP contribution in [-0.4, -0.2) is 39.6 Å². The van der Waals surface area contributed by atoms with Gasteiger partial charge in [0, 0.05) is 17.5 Å². The lowest BCUT2D eigenvalue weighted by Crippen LogP contribution is -2.12. The summed E-state index contributed by atoms with van der Waals surface area (Å²) in [7, 11) is 1.27. The lowest BCUT2D eigenvalue weighted by atomic mass is 10.1. The molecule has 0 unspecified atom stereocenters. The monoisotopic (exact) mass is 486 g/mol. The Kier molecular flexibility index (Phi) is 5.69. The summed E-state index contributed by atoms with van der Waals surface area (Å²) in [6.45, 7) is 1.56. The van der Waals surface area contributed by atoms with E-state index in [1.165, 1.54) is 17.9 Å². The predicted octanol–water partition coefficient (Wildman–Crippen LogP) is 3.81. The van der Waals surface area contributed by atoms with E-state index in [0.717, 1.165) is 5.56 Å². The van der Waals surface area contributed by atoms with E-state index in [1.54, 1.807) is 36.4 Å². The molecule has 2 aromatic heterocycles. The number of para-hydroxylation sites is 1. The Morgan fingerprint density at radius 2 is 1.89 bits per heavy atom. The van der Waals surface area contributed by atoms with Crippen molar-refractivity contribution in [3.63, 3.8) is 0 Å². The maximum atomic E-state index is 12.9. The number of carbonyl (C=O) groups is 1. The largest absolute Gasteiger partial charge is 0.504 e. The molecule has 0 spiro atoms. The molecular formula is C26H22N4O6. The second kappa shape index (κ2) is 8.99. The van der Waals surface area contributed by atoms with E-state index in [1.807, 2.05) is 25.1 Å². The number of carbonyl (C=O) groups excluding carboxylic acids is 1. The first-order valence-electron chi connectivity index (χ1n) is 11.0. The van der Waals surface area contributed by atoms with Gasteiger partial charge in [-0.1, -0.05) is 18.2 Å². The Morgan fingerprint density at radius 3 is 2.64 bits per heavy atom. The smallest absolute Gasteiger partial charge is 0.343 e. The van der Waals surface area contributed by atoms with Gasteiger partial charge in [-0.2, -0.15) is 5.10 Å². The number of aryl methyl sites for hydroxylation is 1. The lowest BCUT2D eigenvalue weighted by Gasteiger charge is -2.13. The number of nitrogens with two attached hydrogens (primary N) is 1. The highest BCUT2D eigenvalue weighted by Gasteiger charge is 2.19. The van der Waals surface area contributed by atoms with E-state index in [2.05, 4.69) is 14.8 Å².